The van der Waals surface area contributed by atoms with Crippen molar-refractivity contribution in [3.05, 3.63) is 34.2 Å². The topological polar surface area (TPSA) is 63.7 Å². The van der Waals surface area contributed by atoms with Gasteiger partial charge < -0.3 is 9.72 Å². The van der Waals surface area contributed by atoms with Crippen LogP contribution in [0.5, 0.6) is 5.75 Å². The molecule has 3 rings (SSSR count). The fourth-order valence-corrected chi connectivity index (χ4v) is 2.55. The Morgan fingerprint density at radius 1 is 1.26 bits per heavy atom. The number of methoxy groups -OCH3 is 1. The molecule has 0 bridgehead atoms. The second-order valence-corrected chi connectivity index (χ2v) is 5.91. The summed E-state index contributed by atoms with van der Waals surface area (Å²) < 4.78 is 6.19. The first-order valence-corrected chi connectivity index (χ1v) is 7.33. The number of ether oxygens (including phenoxy) is 1. The van der Waals surface area contributed by atoms with E-state index in [1.165, 1.54) is 11.8 Å². The van der Waals surface area contributed by atoms with Crippen molar-refractivity contribution in [2.24, 2.45) is 0 Å². The number of aromatic nitrogens is 4. The molecule has 0 aliphatic rings. The molecule has 0 saturated heterocycles. The molecular formula is C12H9IN4OS. The lowest BCUT2D eigenvalue weighted by molar-refractivity contribution is 0.415. The van der Waals surface area contributed by atoms with E-state index in [1.807, 2.05) is 18.2 Å². The summed E-state index contributed by atoms with van der Waals surface area (Å²) in [5.41, 5.74) is 1.83. The van der Waals surface area contributed by atoms with Crippen molar-refractivity contribution < 1.29 is 4.74 Å². The molecule has 7 heteroatoms. The van der Waals surface area contributed by atoms with Crippen LogP contribution in [0.25, 0.3) is 11.0 Å². The molecule has 0 saturated carbocycles. The predicted molar refractivity (Wildman–Crippen MR) is 81.5 cm³/mol. The second-order valence-electron chi connectivity index (χ2n) is 3.71. The maximum absolute atomic E-state index is 5.18. The third-order valence-electron chi connectivity index (χ3n) is 2.45. The van der Waals surface area contributed by atoms with Crippen LogP contribution in [0.3, 0.4) is 0 Å². The van der Waals surface area contributed by atoms with Crippen LogP contribution >= 0.6 is 34.4 Å². The second kappa shape index (κ2) is 5.33. The number of halogens is 1. The molecular weight excluding hydrogens is 375 g/mol. The predicted octanol–water partition coefficient (Wildman–Crippen LogP) is 3.12. The van der Waals surface area contributed by atoms with Gasteiger partial charge in [0.25, 0.3) is 0 Å². The first kappa shape index (κ1) is 12.7. The number of rotatable bonds is 3. The molecule has 2 heterocycles. The Morgan fingerprint density at radius 3 is 2.79 bits per heavy atom. The minimum atomic E-state index is 0.673. The number of hydrogen-bond acceptors (Lipinski definition) is 5. The standard InChI is InChI=1S/C12H9IN4OS/c1-18-8-2-3-9-10(4-8)17-12(16-9)19-11-14-5-7(13)6-15-11/h2-6H,1H3,(H,16,17). The van der Waals surface area contributed by atoms with E-state index in [0.717, 1.165) is 25.5 Å². The molecule has 0 spiro atoms. The van der Waals surface area contributed by atoms with Crippen LogP contribution < -0.4 is 4.74 Å². The van der Waals surface area contributed by atoms with Gasteiger partial charge in [0.15, 0.2) is 10.3 Å². The van der Waals surface area contributed by atoms with Crippen molar-refractivity contribution in [1.82, 2.24) is 19.9 Å². The lowest BCUT2D eigenvalue weighted by Gasteiger charge is -1.96. The number of nitrogens with zero attached hydrogens (tertiary/aromatic N) is 3. The normalized spacial score (nSPS) is 10.8. The Hall–Kier alpha value is -1.35. The Kier molecular flexibility index (Phi) is 3.56. The third kappa shape index (κ3) is 2.81. The van der Waals surface area contributed by atoms with Crippen LogP contribution in [0.15, 0.2) is 40.9 Å². The zero-order chi connectivity index (χ0) is 13.2. The van der Waals surface area contributed by atoms with Crippen molar-refractivity contribution in [3.63, 3.8) is 0 Å². The number of fused-ring (bicyclic) bond motifs is 1. The minimum Gasteiger partial charge on any atom is -0.497 e. The lowest BCUT2D eigenvalue weighted by Crippen LogP contribution is -1.86. The van der Waals surface area contributed by atoms with E-state index >= 15 is 0 Å². The van der Waals surface area contributed by atoms with E-state index in [4.69, 9.17) is 4.74 Å². The van der Waals surface area contributed by atoms with Crippen LogP contribution in [0.4, 0.5) is 0 Å². The lowest BCUT2D eigenvalue weighted by atomic mass is 10.3. The zero-order valence-electron chi connectivity index (χ0n) is 9.92. The summed E-state index contributed by atoms with van der Waals surface area (Å²) in [6.07, 6.45) is 3.56. The summed E-state index contributed by atoms with van der Waals surface area (Å²) in [6.45, 7) is 0. The maximum Gasteiger partial charge on any atom is 0.195 e. The quantitative estimate of drug-likeness (QED) is 0.556. The number of benzene rings is 1. The molecule has 1 aromatic carbocycles. The number of hydrogen-bond donors (Lipinski definition) is 1. The minimum absolute atomic E-state index is 0.673. The largest absolute Gasteiger partial charge is 0.497 e. The molecule has 1 N–H and O–H groups in total. The van der Waals surface area contributed by atoms with Gasteiger partial charge in [-0.2, -0.15) is 0 Å². The molecule has 2 aromatic heterocycles. The Bertz CT molecular complexity index is 713. The molecule has 0 unspecified atom stereocenters. The van der Waals surface area contributed by atoms with Crippen LogP contribution in [0, 0.1) is 3.57 Å². The van der Waals surface area contributed by atoms with Gasteiger partial charge in [0.05, 0.1) is 18.1 Å². The highest BCUT2D eigenvalue weighted by Crippen LogP contribution is 2.26. The number of nitrogens with one attached hydrogen (secondary N) is 1. The highest BCUT2D eigenvalue weighted by molar-refractivity contribution is 14.1. The van der Waals surface area contributed by atoms with E-state index in [1.54, 1.807) is 19.5 Å². The van der Waals surface area contributed by atoms with Gasteiger partial charge in [-0.25, -0.2) is 15.0 Å². The molecule has 0 fully saturated rings. The van der Waals surface area contributed by atoms with E-state index in [-0.39, 0.29) is 0 Å². The van der Waals surface area contributed by atoms with Crippen molar-refractivity contribution in [3.8, 4) is 5.75 Å². The Balaban J connectivity index is 1.90. The van der Waals surface area contributed by atoms with Crippen LogP contribution in [-0.4, -0.2) is 27.0 Å². The molecule has 0 radical (unpaired) electrons. The van der Waals surface area contributed by atoms with Crippen molar-refractivity contribution >= 4 is 45.4 Å². The van der Waals surface area contributed by atoms with Gasteiger partial charge in [-0.05, 0) is 46.5 Å². The van der Waals surface area contributed by atoms with Gasteiger partial charge >= 0.3 is 0 Å². The summed E-state index contributed by atoms with van der Waals surface area (Å²) in [7, 11) is 1.65. The maximum atomic E-state index is 5.18. The van der Waals surface area contributed by atoms with E-state index < -0.39 is 0 Å². The highest BCUT2D eigenvalue weighted by atomic mass is 127. The van der Waals surface area contributed by atoms with Crippen molar-refractivity contribution in [2.75, 3.05) is 7.11 Å². The third-order valence-corrected chi connectivity index (χ3v) is 3.79. The highest BCUT2D eigenvalue weighted by Gasteiger charge is 2.07. The Labute approximate surface area is 127 Å². The van der Waals surface area contributed by atoms with Crippen LogP contribution in [0.2, 0.25) is 0 Å². The van der Waals surface area contributed by atoms with E-state index in [9.17, 15) is 0 Å². The molecule has 5 nitrogen and oxygen atoms in total. The molecule has 0 aliphatic carbocycles. The van der Waals surface area contributed by atoms with Crippen LogP contribution in [0.1, 0.15) is 0 Å². The van der Waals surface area contributed by atoms with Crippen molar-refractivity contribution in [2.45, 2.75) is 10.3 Å². The van der Waals surface area contributed by atoms with Gasteiger partial charge in [-0.1, -0.05) is 0 Å². The summed E-state index contributed by atoms with van der Waals surface area (Å²) in [6, 6.07) is 5.73. The molecule has 3 aromatic rings. The first-order valence-electron chi connectivity index (χ1n) is 5.44. The number of H-pyrrole nitrogens is 1. The summed E-state index contributed by atoms with van der Waals surface area (Å²) in [4.78, 5) is 16.2. The number of imidazole rings is 1. The molecule has 19 heavy (non-hydrogen) atoms. The Morgan fingerprint density at radius 2 is 2.05 bits per heavy atom. The van der Waals surface area contributed by atoms with Gasteiger partial charge in [0.2, 0.25) is 0 Å². The summed E-state index contributed by atoms with van der Waals surface area (Å²) in [5.74, 6) is 0.804. The van der Waals surface area contributed by atoms with E-state index in [0.29, 0.717) is 5.16 Å². The van der Waals surface area contributed by atoms with Gasteiger partial charge in [0, 0.05) is 22.0 Å². The van der Waals surface area contributed by atoms with Crippen LogP contribution in [-0.2, 0) is 0 Å². The summed E-state index contributed by atoms with van der Waals surface area (Å²) in [5, 5.41) is 1.44. The average Bonchev–Trinajstić information content (AvgIpc) is 2.82. The molecule has 0 amide bonds. The summed E-state index contributed by atoms with van der Waals surface area (Å²) >= 11 is 3.58. The average molecular weight is 384 g/mol. The fourth-order valence-electron chi connectivity index (χ4n) is 1.58. The smallest absolute Gasteiger partial charge is 0.195 e. The van der Waals surface area contributed by atoms with Crippen molar-refractivity contribution in [1.29, 1.82) is 0 Å². The molecule has 96 valence electrons. The fraction of sp³-hybridized carbons (Fsp3) is 0.0833. The number of aromatic amines is 1. The van der Waals surface area contributed by atoms with Gasteiger partial charge in [-0.3, -0.25) is 0 Å². The molecule has 0 atom stereocenters. The monoisotopic (exact) mass is 384 g/mol. The zero-order valence-corrected chi connectivity index (χ0v) is 12.9. The van der Waals surface area contributed by atoms with Gasteiger partial charge in [0.1, 0.15) is 5.75 Å². The first-order chi connectivity index (χ1) is 9.24. The van der Waals surface area contributed by atoms with E-state index in [2.05, 4.69) is 42.5 Å². The SMILES string of the molecule is COc1ccc2nc(Sc3ncc(I)cn3)[nH]c2c1. The molecule has 0 aliphatic heterocycles. The van der Waals surface area contributed by atoms with Gasteiger partial charge in [-0.15, -0.1) is 0 Å².